The summed E-state index contributed by atoms with van der Waals surface area (Å²) in [4.78, 5) is 3.20. The Hall–Kier alpha value is -3.86. The van der Waals surface area contributed by atoms with Gasteiger partial charge in [-0.25, -0.2) is 4.39 Å². The van der Waals surface area contributed by atoms with Crippen molar-refractivity contribution in [3.05, 3.63) is 84.8 Å². The molecule has 5 heteroatoms. The zero-order valence-electron chi connectivity index (χ0n) is 14.8. The maximum absolute atomic E-state index is 13.5. The van der Waals surface area contributed by atoms with Gasteiger partial charge in [0.05, 0.1) is 11.4 Å². The first-order valence-corrected chi connectivity index (χ1v) is 8.90. The van der Waals surface area contributed by atoms with Crippen molar-refractivity contribution >= 4 is 10.9 Å². The molecule has 0 saturated carbocycles. The van der Waals surface area contributed by atoms with E-state index < -0.39 is 5.82 Å². The Labute approximate surface area is 160 Å². The van der Waals surface area contributed by atoms with Gasteiger partial charge in [-0.15, -0.1) is 0 Å². The number of rotatable bonds is 3. The minimum atomic E-state index is -0.410. The molecule has 0 bridgehead atoms. The topological polar surface area (TPSA) is 64.7 Å². The molecule has 0 radical (unpaired) electrons. The van der Waals surface area contributed by atoms with E-state index in [1.807, 2.05) is 18.3 Å². The smallest absolute Gasteiger partial charge is 0.125 e. The van der Waals surface area contributed by atoms with Crippen LogP contribution in [-0.4, -0.2) is 20.3 Å². The van der Waals surface area contributed by atoms with E-state index in [2.05, 4.69) is 51.6 Å². The van der Waals surface area contributed by atoms with Gasteiger partial charge in [0.2, 0.25) is 0 Å². The van der Waals surface area contributed by atoms with Crippen LogP contribution in [0.5, 0.6) is 5.75 Å². The first-order chi connectivity index (χ1) is 13.7. The number of aromatic nitrogens is 3. The third kappa shape index (κ3) is 2.83. The summed E-state index contributed by atoms with van der Waals surface area (Å²) in [5.41, 5.74) is 5.99. The number of aromatic amines is 2. The number of hydrogen-bond acceptors (Lipinski definition) is 2. The van der Waals surface area contributed by atoms with Crippen molar-refractivity contribution in [1.29, 1.82) is 0 Å². The van der Waals surface area contributed by atoms with Gasteiger partial charge in [-0.2, -0.15) is 5.10 Å². The van der Waals surface area contributed by atoms with Crippen LogP contribution in [0.4, 0.5) is 4.39 Å². The molecule has 5 aromatic rings. The lowest BCUT2D eigenvalue weighted by molar-refractivity contribution is 0.475. The number of H-pyrrole nitrogens is 2. The van der Waals surface area contributed by atoms with Crippen molar-refractivity contribution in [2.75, 3.05) is 0 Å². The number of aromatic hydroxyl groups is 1. The van der Waals surface area contributed by atoms with Crippen LogP contribution in [0.1, 0.15) is 0 Å². The Morgan fingerprint density at radius 2 is 1.57 bits per heavy atom. The molecule has 0 spiro atoms. The Morgan fingerprint density at radius 3 is 2.43 bits per heavy atom. The monoisotopic (exact) mass is 369 g/mol. The van der Waals surface area contributed by atoms with Gasteiger partial charge in [-0.3, -0.25) is 5.10 Å². The number of phenols is 1. The zero-order valence-corrected chi connectivity index (χ0v) is 14.8. The number of hydrogen-bond donors (Lipinski definition) is 3. The lowest BCUT2D eigenvalue weighted by Crippen LogP contribution is -1.81. The maximum atomic E-state index is 13.5. The predicted octanol–water partition coefficient (Wildman–Crippen LogP) is 5.74. The highest BCUT2D eigenvalue weighted by atomic mass is 19.1. The number of halogens is 1. The molecule has 2 aromatic heterocycles. The zero-order chi connectivity index (χ0) is 19.1. The van der Waals surface area contributed by atoms with Gasteiger partial charge in [0.15, 0.2) is 0 Å². The average molecular weight is 369 g/mol. The lowest BCUT2D eigenvalue weighted by Gasteiger charge is -2.04. The average Bonchev–Trinajstić information content (AvgIpc) is 3.39. The van der Waals surface area contributed by atoms with E-state index in [9.17, 15) is 9.50 Å². The summed E-state index contributed by atoms with van der Waals surface area (Å²) in [5, 5.41) is 18.3. The van der Waals surface area contributed by atoms with Crippen LogP contribution < -0.4 is 0 Å². The van der Waals surface area contributed by atoms with E-state index in [0.29, 0.717) is 11.3 Å². The van der Waals surface area contributed by atoms with Gasteiger partial charge >= 0.3 is 0 Å². The van der Waals surface area contributed by atoms with Gasteiger partial charge in [-0.05, 0) is 59.0 Å². The van der Waals surface area contributed by atoms with Gasteiger partial charge in [-0.1, -0.05) is 30.3 Å². The van der Waals surface area contributed by atoms with E-state index in [1.165, 1.54) is 23.6 Å². The summed E-state index contributed by atoms with van der Waals surface area (Å²) >= 11 is 0. The van der Waals surface area contributed by atoms with Crippen molar-refractivity contribution in [3.8, 4) is 39.4 Å². The molecule has 3 aromatic carbocycles. The second-order valence-electron chi connectivity index (χ2n) is 6.69. The number of nitrogens with zero attached hydrogens (tertiary/aromatic N) is 1. The molecule has 0 saturated heterocycles. The van der Waals surface area contributed by atoms with Gasteiger partial charge in [0.1, 0.15) is 11.6 Å². The number of nitrogens with one attached hydrogen (secondary N) is 2. The fourth-order valence-corrected chi connectivity index (χ4v) is 3.40. The number of benzene rings is 3. The summed E-state index contributed by atoms with van der Waals surface area (Å²) in [7, 11) is 0. The van der Waals surface area contributed by atoms with Crippen LogP contribution >= 0.6 is 0 Å². The minimum absolute atomic E-state index is 0.00657. The quantitative estimate of drug-likeness (QED) is 0.380. The molecule has 136 valence electrons. The number of phenolic OH excluding ortho intramolecular Hbond substituents is 1. The fourth-order valence-electron chi connectivity index (χ4n) is 3.40. The second kappa shape index (κ2) is 6.39. The maximum Gasteiger partial charge on any atom is 0.125 e. The molecule has 5 rings (SSSR count). The highest BCUT2D eigenvalue weighted by Crippen LogP contribution is 2.32. The van der Waals surface area contributed by atoms with Crippen LogP contribution in [0, 0.1) is 5.82 Å². The van der Waals surface area contributed by atoms with Crippen LogP contribution in [0.15, 0.2) is 79.0 Å². The summed E-state index contributed by atoms with van der Waals surface area (Å²) < 4.78 is 13.5. The summed E-state index contributed by atoms with van der Waals surface area (Å²) in [6, 6.07) is 22.1. The van der Waals surface area contributed by atoms with Gasteiger partial charge in [0.25, 0.3) is 0 Å². The molecule has 4 nitrogen and oxygen atoms in total. The molecular weight excluding hydrogens is 353 g/mol. The van der Waals surface area contributed by atoms with Crippen LogP contribution in [-0.2, 0) is 0 Å². The van der Waals surface area contributed by atoms with Crippen molar-refractivity contribution in [1.82, 2.24) is 15.2 Å². The standard InChI is InChI=1S/C23H16FN3O/c24-18-6-8-23(28)19(12-18)22-13-21(26-27-22)15-3-1-14(2-4-15)16-5-7-20-17(11-16)9-10-25-20/h1-13,25,28H,(H,26,27). The summed E-state index contributed by atoms with van der Waals surface area (Å²) in [5.74, 6) is -0.403. The fraction of sp³-hybridized carbons (Fsp3) is 0. The molecule has 2 heterocycles. The van der Waals surface area contributed by atoms with E-state index in [0.717, 1.165) is 27.9 Å². The van der Waals surface area contributed by atoms with Gasteiger partial charge in [0, 0.05) is 22.8 Å². The number of fused-ring (bicyclic) bond motifs is 1. The first-order valence-electron chi connectivity index (χ1n) is 8.90. The third-order valence-corrected chi connectivity index (χ3v) is 4.89. The molecule has 0 unspecified atom stereocenters. The van der Waals surface area contributed by atoms with Crippen LogP contribution in [0.3, 0.4) is 0 Å². The van der Waals surface area contributed by atoms with E-state index >= 15 is 0 Å². The predicted molar refractivity (Wildman–Crippen MR) is 108 cm³/mol. The molecule has 0 aliphatic carbocycles. The minimum Gasteiger partial charge on any atom is -0.507 e. The molecular formula is C23H16FN3O. The Balaban J connectivity index is 1.46. The molecule has 0 aliphatic rings. The Bertz CT molecular complexity index is 1280. The molecule has 0 amide bonds. The molecule has 0 fully saturated rings. The lowest BCUT2D eigenvalue weighted by atomic mass is 10.0. The van der Waals surface area contributed by atoms with Crippen molar-refractivity contribution in [3.63, 3.8) is 0 Å². The normalized spacial score (nSPS) is 11.2. The van der Waals surface area contributed by atoms with E-state index in [1.54, 1.807) is 6.07 Å². The highest BCUT2D eigenvalue weighted by Gasteiger charge is 2.11. The third-order valence-electron chi connectivity index (χ3n) is 4.89. The van der Waals surface area contributed by atoms with Crippen molar-refractivity contribution < 1.29 is 9.50 Å². The molecule has 3 N–H and O–H groups in total. The Morgan fingerprint density at radius 1 is 0.786 bits per heavy atom. The Kier molecular flexibility index (Phi) is 3.72. The van der Waals surface area contributed by atoms with Gasteiger partial charge < -0.3 is 10.1 Å². The van der Waals surface area contributed by atoms with E-state index in [4.69, 9.17) is 0 Å². The SMILES string of the molecule is Oc1ccc(F)cc1-c1cc(-c2ccc(-c3ccc4[nH]ccc4c3)cc2)n[nH]1. The second-order valence-corrected chi connectivity index (χ2v) is 6.69. The summed E-state index contributed by atoms with van der Waals surface area (Å²) in [6.07, 6.45) is 1.93. The van der Waals surface area contributed by atoms with E-state index in [-0.39, 0.29) is 5.75 Å². The highest BCUT2D eigenvalue weighted by molar-refractivity contribution is 5.85. The van der Waals surface area contributed by atoms with Crippen molar-refractivity contribution in [2.45, 2.75) is 0 Å². The van der Waals surface area contributed by atoms with Crippen molar-refractivity contribution in [2.24, 2.45) is 0 Å². The van der Waals surface area contributed by atoms with Crippen LogP contribution in [0.2, 0.25) is 0 Å². The molecule has 28 heavy (non-hydrogen) atoms. The first kappa shape index (κ1) is 16.3. The summed E-state index contributed by atoms with van der Waals surface area (Å²) in [6.45, 7) is 0. The van der Waals surface area contributed by atoms with Crippen LogP contribution in [0.25, 0.3) is 44.5 Å². The molecule has 0 atom stereocenters. The largest absolute Gasteiger partial charge is 0.507 e. The molecule has 0 aliphatic heterocycles.